The number of phenolic OH excluding ortho intramolecular Hbond substituents is 1. The molecule has 0 spiro atoms. The van der Waals surface area contributed by atoms with Crippen molar-refractivity contribution in [3.05, 3.63) is 54.1 Å². The minimum Gasteiger partial charge on any atom is -0.508 e. The first kappa shape index (κ1) is 23.5. The van der Waals surface area contributed by atoms with Crippen LogP contribution in [0.1, 0.15) is 25.3 Å². The third-order valence-corrected chi connectivity index (χ3v) is 6.94. The molecule has 3 rings (SSSR count). The van der Waals surface area contributed by atoms with Crippen LogP contribution in [0.3, 0.4) is 0 Å². The number of aryl methyl sites for hydroxylation is 1. The van der Waals surface area contributed by atoms with Crippen molar-refractivity contribution in [1.82, 2.24) is 0 Å². The van der Waals surface area contributed by atoms with Crippen LogP contribution in [0.5, 0.6) is 11.5 Å². The Labute approximate surface area is 177 Å². The number of benzene rings is 2. The second-order valence-corrected chi connectivity index (χ2v) is 9.70. The topological polar surface area (TPSA) is 110 Å². The van der Waals surface area contributed by atoms with Gasteiger partial charge in [-0.05, 0) is 43.0 Å². The van der Waals surface area contributed by atoms with Crippen LogP contribution in [0.4, 0.5) is 0 Å². The maximum atomic E-state index is 11.1. The lowest BCUT2D eigenvalue weighted by atomic mass is 9.94. The van der Waals surface area contributed by atoms with Crippen molar-refractivity contribution in [3.63, 3.8) is 0 Å². The number of fused-ring (bicyclic) bond motifs is 1. The van der Waals surface area contributed by atoms with E-state index in [1.165, 1.54) is 0 Å². The van der Waals surface area contributed by atoms with Crippen LogP contribution in [0.15, 0.2) is 53.4 Å². The molecule has 1 aliphatic rings. The highest BCUT2D eigenvalue weighted by Crippen LogP contribution is 2.37. The summed E-state index contributed by atoms with van der Waals surface area (Å²) in [4.78, 5) is 1.05. The predicted molar refractivity (Wildman–Crippen MR) is 117 cm³/mol. The van der Waals surface area contributed by atoms with Crippen LogP contribution < -0.4 is 10.5 Å². The van der Waals surface area contributed by atoms with E-state index in [1.807, 2.05) is 56.3 Å². The fraction of sp³-hybridized carbons (Fsp3) is 0.429. The largest absolute Gasteiger partial charge is 0.508 e. The van der Waals surface area contributed by atoms with Gasteiger partial charge in [0.15, 0.2) is 6.23 Å². The van der Waals surface area contributed by atoms with Crippen molar-refractivity contribution < 1.29 is 22.8 Å². The molecular formula is C21H29NO5S2. The van der Waals surface area contributed by atoms with Crippen LogP contribution in [0, 0.1) is 18.8 Å². The summed E-state index contributed by atoms with van der Waals surface area (Å²) < 4.78 is 36.9. The maximum absolute atomic E-state index is 11.1. The van der Waals surface area contributed by atoms with Gasteiger partial charge in [0.05, 0.1) is 5.75 Å². The lowest BCUT2D eigenvalue weighted by molar-refractivity contribution is 0.135. The molecule has 1 heterocycles. The van der Waals surface area contributed by atoms with E-state index in [4.69, 9.17) is 20.1 Å². The quantitative estimate of drug-likeness (QED) is 0.602. The molecule has 0 saturated heterocycles. The second-order valence-electron chi connectivity index (χ2n) is 7.15. The van der Waals surface area contributed by atoms with E-state index in [0.29, 0.717) is 18.6 Å². The molecule has 2 aromatic carbocycles. The highest BCUT2D eigenvalue weighted by molar-refractivity contribution is 7.99. The van der Waals surface area contributed by atoms with Gasteiger partial charge in [-0.1, -0.05) is 43.7 Å². The SMILES string of the molecule is CCC(CC1CSc2ccccc2OC1N)CS(=O)(=O)O.Cc1ccccc1O. The number of thioether (sulfide) groups is 1. The zero-order chi connectivity index (χ0) is 21.4. The third-order valence-electron chi connectivity index (χ3n) is 4.80. The Morgan fingerprint density at radius 2 is 1.86 bits per heavy atom. The highest BCUT2D eigenvalue weighted by Gasteiger charge is 2.28. The molecule has 6 nitrogen and oxygen atoms in total. The number of hydrogen-bond donors (Lipinski definition) is 3. The molecule has 0 fully saturated rings. The average Bonchev–Trinajstić information content (AvgIpc) is 2.82. The molecule has 4 N–H and O–H groups in total. The van der Waals surface area contributed by atoms with Crippen molar-refractivity contribution in [1.29, 1.82) is 0 Å². The van der Waals surface area contributed by atoms with E-state index in [-0.39, 0.29) is 17.6 Å². The first-order valence-electron chi connectivity index (χ1n) is 9.53. The van der Waals surface area contributed by atoms with E-state index in [2.05, 4.69) is 0 Å². The van der Waals surface area contributed by atoms with Crippen LogP contribution in [-0.4, -0.2) is 35.8 Å². The summed E-state index contributed by atoms with van der Waals surface area (Å²) in [6, 6.07) is 15.0. The average molecular weight is 440 g/mol. The lowest BCUT2D eigenvalue weighted by Gasteiger charge is -2.25. The Balaban J connectivity index is 0.000000313. The van der Waals surface area contributed by atoms with Gasteiger partial charge in [0.2, 0.25) is 0 Å². The Bertz CT molecular complexity index is 867. The molecule has 1 aliphatic heterocycles. The number of ether oxygens (including phenoxy) is 1. The zero-order valence-electron chi connectivity index (χ0n) is 16.7. The van der Waals surface area contributed by atoms with Gasteiger partial charge >= 0.3 is 0 Å². The molecule has 8 heteroatoms. The molecule has 0 saturated carbocycles. The third kappa shape index (κ3) is 7.89. The summed E-state index contributed by atoms with van der Waals surface area (Å²) in [6.07, 6.45) is 0.843. The van der Waals surface area contributed by atoms with Gasteiger partial charge in [-0.25, -0.2) is 0 Å². The second kappa shape index (κ2) is 10.9. The fourth-order valence-corrected chi connectivity index (χ4v) is 5.17. The maximum Gasteiger partial charge on any atom is 0.265 e. The smallest absolute Gasteiger partial charge is 0.265 e. The van der Waals surface area contributed by atoms with Crippen LogP contribution >= 0.6 is 11.8 Å². The Morgan fingerprint density at radius 1 is 1.21 bits per heavy atom. The number of aromatic hydroxyl groups is 1. The number of para-hydroxylation sites is 2. The van der Waals surface area contributed by atoms with Crippen molar-refractivity contribution in [2.24, 2.45) is 17.6 Å². The first-order chi connectivity index (χ1) is 13.7. The molecule has 0 aliphatic carbocycles. The summed E-state index contributed by atoms with van der Waals surface area (Å²) in [5.74, 6) is 1.65. The number of rotatable bonds is 5. The Hall–Kier alpha value is -1.74. The molecule has 29 heavy (non-hydrogen) atoms. The summed E-state index contributed by atoms with van der Waals surface area (Å²) in [5, 5.41) is 8.92. The molecule has 0 radical (unpaired) electrons. The Morgan fingerprint density at radius 3 is 2.45 bits per heavy atom. The van der Waals surface area contributed by atoms with Crippen LogP contribution in [0.25, 0.3) is 0 Å². The van der Waals surface area contributed by atoms with E-state index in [9.17, 15) is 8.42 Å². The first-order valence-corrected chi connectivity index (χ1v) is 12.1. The molecule has 160 valence electrons. The van der Waals surface area contributed by atoms with Crippen LogP contribution in [-0.2, 0) is 10.1 Å². The molecule has 3 atom stereocenters. The normalized spacial score (nSPS) is 19.7. The van der Waals surface area contributed by atoms with Gasteiger partial charge in [0, 0.05) is 16.6 Å². The van der Waals surface area contributed by atoms with Gasteiger partial charge in [-0.3, -0.25) is 10.3 Å². The van der Waals surface area contributed by atoms with Crippen LogP contribution in [0.2, 0.25) is 0 Å². The molecule has 3 unspecified atom stereocenters. The standard InChI is InChI=1S/C14H21NO4S2.C7H8O/c1-2-10(9-21(16,17)18)7-11-8-20-13-6-4-3-5-12(13)19-14(11)15;1-6-4-2-3-5-7(6)8/h3-6,10-11,14H,2,7-9,15H2,1H3,(H,16,17,18);2-5,8H,1H3. The summed E-state index contributed by atoms with van der Waals surface area (Å²) in [6.45, 7) is 3.79. The Kier molecular flexibility index (Phi) is 8.82. The number of phenols is 1. The van der Waals surface area contributed by atoms with E-state index in [1.54, 1.807) is 17.8 Å². The van der Waals surface area contributed by atoms with Gasteiger partial charge in [-0.2, -0.15) is 8.42 Å². The van der Waals surface area contributed by atoms with Gasteiger partial charge < -0.3 is 9.84 Å². The summed E-state index contributed by atoms with van der Waals surface area (Å²) in [7, 11) is -3.95. The van der Waals surface area contributed by atoms with Crippen molar-refractivity contribution >= 4 is 21.9 Å². The van der Waals surface area contributed by atoms with E-state index in [0.717, 1.165) is 22.0 Å². The monoisotopic (exact) mass is 439 g/mol. The van der Waals surface area contributed by atoms with E-state index >= 15 is 0 Å². The number of hydrogen-bond acceptors (Lipinski definition) is 6. The molecule has 0 aromatic heterocycles. The van der Waals surface area contributed by atoms with Crippen molar-refractivity contribution in [2.45, 2.75) is 37.8 Å². The summed E-state index contributed by atoms with van der Waals surface area (Å²) in [5.41, 5.74) is 7.04. The minimum atomic E-state index is -3.95. The molecule has 2 aromatic rings. The molecule has 0 amide bonds. The lowest BCUT2D eigenvalue weighted by Crippen LogP contribution is -2.38. The zero-order valence-corrected chi connectivity index (χ0v) is 18.3. The predicted octanol–water partition coefficient (Wildman–Crippen LogP) is 4.08. The van der Waals surface area contributed by atoms with Crippen molar-refractivity contribution in [2.75, 3.05) is 11.5 Å². The number of nitrogens with two attached hydrogens (primary N) is 1. The van der Waals surface area contributed by atoms with Gasteiger partial charge in [0.1, 0.15) is 11.5 Å². The van der Waals surface area contributed by atoms with Gasteiger partial charge in [0.25, 0.3) is 10.1 Å². The fourth-order valence-electron chi connectivity index (χ4n) is 3.05. The van der Waals surface area contributed by atoms with Crippen molar-refractivity contribution in [3.8, 4) is 11.5 Å². The van der Waals surface area contributed by atoms with Gasteiger partial charge in [-0.15, -0.1) is 11.8 Å². The van der Waals surface area contributed by atoms with E-state index < -0.39 is 16.3 Å². The molecular weight excluding hydrogens is 410 g/mol. The molecule has 0 bridgehead atoms. The minimum absolute atomic E-state index is 0.0501. The highest BCUT2D eigenvalue weighted by atomic mass is 32.2. The summed E-state index contributed by atoms with van der Waals surface area (Å²) >= 11 is 1.67.